The number of aromatic nitrogens is 2. The van der Waals surface area contributed by atoms with Crippen LogP contribution in [-0.4, -0.2) is 49.6 Å². The SMILES string of the molecule is Cl.O=C(O)Cn1ccnc1/C=C1/CN(C(C(=O)C2CC2)c2ccccc2F)CCC1S. The van der Waals surface area contributed by atoms with Crippen LogP contribution in [0.15, 0.2) is 42.2 Å². The van der Waals surface area contributed by atoms with Crippen LogP contribution in [0.1, 0.15) is 36.7 Å². The molecule has 31 heavy (non-hydrogen) atoms. The van der Waals surface area contributed by atoms with E-state index in [1.54, 1.807) is 35.2 Å². The van der Waals surface area contributed by atoms with Crippen molar-refractivity contribution in [3.05, 3.63) is 59.4 Å². The summed E-state index contributed by atoms with van der Waals surface area (Å²) in [5, 5.41) is 9.05. The highest BCUT2D eigenvalue weighted by Gasteiger charge is 2.40. The molecule has 0 bridgehead atoms. The fraction of sp³-hybridized carbons (Fsp3) is 0.409. The summed E-state index contributed by atoms with van der Waals surface area (Å²) >= 11 is 4.69. The standard InChI is InChI=1S/C22H24FN3O3S.ClH/c23-17-4-2-1-3-16(17)21(22(29)14-5-6-14)26-9-7-18(30)15(12-26)11-19-24-8-10-25(19)13-20(27)28;/h1-4,8,10-11,14,18,21,30H,5-7,9,12-13H2,(H,27,28);1H/b15-11-;. The molecule has 1 saturated heterocycles. The largest absolute Gasteiger partial charge is 0.480 e. The maximum Gasteiger partial charge on any atom is 0.323 e. The summed E-state index contributed by atoms with van der Waals surface area (Å²) in [6, 6.07) is 5.85. The lowest BCUT2D eigenvalue weighted by Crippen LogP contribution is -2.42. The number of carboxylic acid groups (broad SMARTS) is 1. The van der Waals surface area contributed by atoms with Crippen LogP contribution in [0.2, 0.25) is 0 Å². The number of hydrogen-bond acceptors (Lipinski definition) is 5. The van der Waals surface area contributed by atoms with Gasteiger partial charge < -0.3 is 9.67 Å². The second kappa shape index (κ2) is 9.97. The minimum atomic E-state index is -0.949. The number of halogens is 2. The van der Waals surface area contributed by atoms with Crippen LogP contribution in [0.5, 0.6) is 0 Å². The van der Waals surface area contributed by atoms with Gasteiger partial charge in [0.15, 0.2) is 5.78 Å². The number of aliphatic carboxylic acids is 1. The maximum absolute atomic E-state index is 14.6. The van der Waals surface area contributed by atoms with Crippen molar-refractivity contribution >= 4 is 42.9 Å². The Hall–Kier alpha value is -2.16. The Kier molecular flexibility index (Phi) is 7.56. The average molecular weight is 466 g/mol. The van der Waals surface area contributed by atoms with Crippen molar-refractivity contribution in [3.63, 3.8) is 0 Å². The average Bonchev–Trinajstić information content (AvgIpc) is 3.48. The highest BCUT2D eigenvalue weighted by molar-refractivity contribution is 7.81. The number of rotatable bonds is 7. The second-order valence-corrected chi connectivity index (χ2v) is 8.53. The molecule has 0 radical (unpaired) electrons. The van der Waals surface area contributed by atoms with Gasteiger partial charge >= 0.3 is 5.97 Å². The number of carbonyl (C=O) groups is 2. The highest BCUT2D eigenvalue weighted by atomic mass is 35.5. The molecule has 1 aliphatic heterocycles. The van der Waals surface area contributed by atoms with Gasteiger partial charge in [-0.05, 0) is 37.0 Å². The summed E-state index contributed by atoms with van der Waals surface area (Å²) in [7, 11) is 0. The molecular formula is C22H25ClFN3O3S. The number of Topliss-reactive ketones (excluding diaryl/α,β-unsaturated/α-hetero) is 1. The van der Waals surface area contributed by atoms with E-state index in [9.17, 15) is 14.0 Å². The van der Waals surface area contributed by atoms with Gasteiger partial charge in [-0.2, -0.15) is 12.6 Å². The lowest BCUT2D eigenvalue weighted by molar-refractivity contribution is -0.137. The zero-order valence-corrected chi connectivity index (χ0v) is 18.6. The molecule has 2 fully saturated rings. The molecule has 2 aromatic rings. The number of carboxylic acids is 1. The van der Waals surface area contributed by atoms with E-state index in [4.69, 9.17) is 5.11 Å². The molecule has 4 rings (SSSR count). The fourth-order valence-corrected chi connectivity index (χ4v) is 4.25. The van der Waals surface area contributed by atoms with E-state index in [1.165, 1.54) is 6.07 Å². The third-order valence-electron chi connectivity index (χ3n) is 5.69. The summed E-state index contributed by atoms with van der Waals surface area (Å²) in [5.74, 6) is -0.707. The van der Waals surface area contributed by atoms with Crippen LogP contribution in [0.4, 0.5) is 4.39 Å². The van der Waals surface area contributed by atoms with Crippen LogP contribution < -0.4 is 0 Å². The normalized spacial score (nSPS) is 21.5. The predicted octanol–water partition coefficient (Wildman–Crippen LogP) is 3.64. The number of imidazole rings is 1. The van der Waals surface area contributed by atoms with Gasteiger partial charge in [0.25, 0.3) is 0 Å². The van der Waals surface area contributed by atoms with Crippen molar-refractivity contribution in [1.82, 2.24) is 14.5 Å². The Morgan fingerprint density at radius 3 is 2.71 bits per heavy atom. The molecule has 0 spiro atoms. The van der Waals surface area contributed by atoms with Crippen LogP contribution in [0.3, 0.4) is 0 Å². The molecular weight excluding hydrogens is 441 g/mol. The monoisotopic (exact) mass is 465 g/mol. The minimum absolute atomic E-state index is 0. The molecule has 2 heterocycles. The zero-order valence-electron chi connectivity index (χ0n) is 16.9. The van der Waals surface area contributed by atoms with Gasteiger partial charge in [-0.3, -0.25) is 14.5 Å². The Balaban J connectivity index is 0.00000272. The molecule has 0 amide bonds. The first-order chi connectivity index (χ1) is 14.4. The Bertz CT molecular complexity index is 992. The molecule has 2 atom stereocenters. The Labute approximate surface area is 192 Å². The molecule has 6 nitrogen and oxygen atoms in total. The van der Waals surface area contributed by atoms with E-state index in [0.29, 0.717) is 30.9 Å². The second-order valence-electron chi connectivity index (χ2n) is 7.90. The van der Waals surface area contributed by atoms with Crippen molar-refractivity contribution in [2.75, 3.05) is 13.1 Å². The summed E-state index contributed by atoms with van der Waals surface area (Å²) in [5.41, 5.74) is 1.35. The van der Waals surface area contributed by atoms with Crippen molar-refractivity contribution in [3.8, 4) is 0 Å². The molecule has 1 aromatic heterocycles. The van der Waals surface area contributed by atoms with Crippen molar-refractivity contribution in [1.29, 1.82) is 0 Å². The number of thiol groups is 1. The molecule has 9 heteroatoms. The highest BCUT2D eigenvalue weighted by Crippen LogP contribution is 2.39. The van der Waals surface area contributed by atoms with E-state index in [1.807, 2.05) is 11.0 Å². The molecule has 1 aliphatic carbocycles. The third-order valence-corrected chi connectivity index (χ3v) is 6.28. The van der Waals surface area contributed by atoms with E-state index in [2.05, 4.69) is 17.6 Å². The van der Waals surface area contributed by atoms with Gasteiger partial charge in [0, 0.05) is 42.2 Å². The first kappa shape index (κ1) is 23.5. The van der Waals surface area contributed by atoms with Crippen LogP contribution in [0, 0.1) is 11.7 Å². The number of nitrogens with zero attached hydrogens (tertiary/aromatic N) is 3. The van der Waals surface area contributed by atoms with E-state index in [-0.39, 0.29) is 41.7 Å². The smallest absolute Gasteiger partial charge is 0.323 e. The number of hydrogen-bond donors (Lipinski definition) is 2. The molecule has 2 unspecified atom stereocenters. The van der Waals surface area contributed by atoms with Crippen molar-refractivity contribution in [2.24, 2.45) is 5.92 Å². The predicted molar refractivity (Wildman–Crippen MR) is 121 cm³/mol. The van der Waals surface area contributed by atoms with Gasteiger partial charge in [-0.25, -0.2) is 9.37 Å². The summed E-state index contributed by atoms with van der Waals surface area (Å²) in [6.45, 7) is 0.899. The van der Waals surface area contributed by atoms with E-state index in [0.717, 1.165) is 18.4 Å². The third kappa shape index (κ3) is 5.37. The summed E-state index contributed by atoms with van der Waals surface area (Å²) in [4.78, 5) is 30.5. The summed E-state index contributed by atoms with van der Waals surface area (Å²) in [6.07, 6.45) is 7.45. The molecule has 1 saturated carbocycles. The van der Waals surface area contributed by atoms with Gasteiger partial charge in [-0.1, -0.05) is 18.2 Å². The van der Waals surface area contributed by atoms with Crippen LogP contribution in [0.25, 0.3) is 6.08 Å². The molecule has 166 valence electrons. The van der Waals surface area contributed by atoms with Crippen LogP contribution >= 0.6 is 25.0 Å². The van der Waals surface area contributed by atoms with Gasteiger partial charge in [0.05, 0.1) is 6.04 Å². The van der Waals surface area contributed by atoms with Crippen molar-refractivity contribution < 1.29 is 19.1 Å². The van der Waals surface area contributed by atoms with E-state index >= 15 is 0 Å². The lowest BCUT2D eigenvalue weighted by atomic mass is 9.93. The van der Waals surface area contributed by atoms with Gasteiger partial charge in [-0.15, -0.1) is 12.4 Å². The molecule has 1 N–H and O–H groups in total. The number of carbonyl (C=O) groups excluding carboxylic acids is 1. The first-order valence-corrected chi connectivity index (χ1v) is 10.6. The number of benzene rings is 1. The minimum Gasteiger partial charge on any atom is -0.480 e. The Morgan fingerprint density at radius 2 is 2.03 bits per heavy atom. The van der Waals surface area contributed by atoms with Gasteiger partial charge in [0.1, 0.15) is 18.2 Å². The topological polar surface area (TPSA) is 75.4 Å². The quantitative estimate of drug-likeness (QED) is 0.611. The zero-order chi connectivity index (χ0) is 21.3. The van der Waals surface area contributed by atoms with Crippen molar-refractivity contribution in [2.45, 2.75) is 37.1 Å². The van der Waals surface area contributed by atoms with Gasteiger partial charge in [0.2, 0.25) is 0 Å². The number of piperidine rings is 1. The molecule has 2 aliphatic rings. The molecule has 1 aromatic carbocycles. The maximum atomic E-state index is 14.6. The number of likely N-dealkylation sites (tertiary alicyclic amines) is 1. The lowest BCUT2D eigenvalue weighted by Gasteiger charge is -2.37. The Morgan fingerprint density at radius 1 is 1.29 bits per heavy atom. The fourth-order valence-electron chi connectivity index (χ4n) is 3.98. The van der Waals surface area contributed by atoms with Crippen LogP contribution in [-0.2, 0) is 16.1 Å². The van der Waals surface area contributed by atoms with E-state index < -0.39 is 12.0 Å². The first-order valence-electron chi connectivity index (χ1n) is 10.1. The number of ketones is 1. The summed E-state index contributed by atoms with van der Waals surface area (Å²) < 4.78 is 16.2.